The van der Waals surface area contributed by atoms with E-state index in [4.69, 9.17) is 9.47 Å². The molecule has 0 fully saturated rings. The average Bonchev–Trinajstić information content (AvgIpc) is 1.96. The highest BCUT2D eigenvalue weighted by Gasteiger charge is 2.26. The summed E-state index contributed by atoms with van der Waals surface area (Å²) in [6.07, 6.45) is 2.00. The van der Waals surface area contributed by atoms with Crippen LogP contribution in [0.2, 0.25) is 0 Å². The zero-order valence-corrected chi connectivity index (χ0v) is 7.91. The Morgan fingerprint density at radius 2 is 2.42 bits per heavy atom. The van der Waals surface area contributed by atoms with E-state index in [0.29, 0.717) is 0 Å². The molecule has 4 nitrogen and oxygen atoms in total. The first-order chi connectivity index (χ1) is 5.59. The van der Waals surface area contributed by atoms with Crippen molar-refractivity contribution in [1.29, 1.82) is 0 Å². The first-order valence-corrected chi connectivity index (χ1v) is 4.21. The summed E-state index contributed by atoms with van der Waals surface area (Å²) in [5, 5.41) is 0. The lowest BCUT2D eigenvalue weighted by molar-refractivity contribution is -0.182. The second kappa shape index (κ2) is 3.71. The van der Waals surface area contributed by atoms with E-state index in [1.165, 1.54) is 13.0 Å². The second-order valence-corrected chi connectivity index (χ2v) is 3.28. The molecule has 1 aliphatic heterocycles. The van der Waals surface area contributed by atoms with E-state index < -0.39 is 18.2 Å². The minimum absolute atomic E-state index is 0.265. The van der Waals surface area contributed by atoms with Crippen molar-refractivity contribution in [1.82, 2.24) is 0 Å². The largest absolute Gasteiger partial charge is 0.424 e. The second-order valence-electron chi connectivity index (χ2n) is 2.22. The molecule has 0 aromatic heterocycles. The molecule has 5 heteroatoms. The van der Waals surface area contributed by atoms with Crippen LogP contribution >= 0.6 is 15.9 Å². The number of hydrogen-bond acceptors (Lipinski definition) is 4. The fraction of sp³-hybridized carbons (Fsp3) is 0.429. The van der Waals surface area contributed by atoms with Gasteiger partial charge >= 0.3 is 11.9 Å². The molecule has 2 atom stereocenters. The minimum Gasteiger partial charge on any atom is -0.424 e. The molecule has 0 saturated carbocycles. The van der Waals surface area contributed by atoms with Gasteiger partial charge in [0.25, 0.3) is 6.29 Å². The van der Waals surface area contributed by atoms with Gasteiger partial charge in [-0.05, 0) is 0 Å². The van der Waals surface area contributed by atoms with Crippen molar-refractivity contribution in [2.45, 2.75) is 18.0 Å². The first kappa shape index (κ1) is 9.25. The molecular formula is C7H7BrO4. The smallest absolute Gasteiger partial charge is 0.333 e. The molecule has 1 heterocycles. The highest BCUT2D eigenvalue weighted by molar-refractivity contribution is 9.09. The number of halogens is 1. The molecule has 2 unspecified atom stereocenters. The topological polar surface area (TPSA) is 52.6 Å². The number of alkyl halides is 1. The third-order valence-electron chi connectivity index (χ3n) is 1.19. The third kappa shape index (κ3) is 2.34. The normalized spacial score (nSPS) is 28.0. The Morgan fingerprint density at radius 3 is 3.00 bits per heavy atom. The summed E-state index contributed by atoms with van der Waals surface area (Å²) in [7, 11) is 0. The number of hydrogen-bond donors (Lipinski definition) is 0. The molecule has 1 rings (SSSR count). The predicted octanol–water partition coefficient (Wildman–Crippen LogP) is 0.752. The minimum atomic E-state index is -0.847. The maximum absolute atomic E-state index is 10.7. The van der Waals surface area contributed by atoms with Crippen LogP contribution in [0.25, 0.3) is 0 Å². The van der Waals surface area contributed by atoms with Crippen LogP contribution in [-0.2, 0) is 19.1 Å². The quantitative estimate of drug-likeness (QED) is 0.497. The number of cyclic esters (lactones) is 1. The van der Waals surface area contributed by atoms with Crippen LogP contribution in [0.3, 0.4) is 0 Å². The van der Waals surface area contributed by atoms with E-state index in [1.54, 1.807) is 6.08 Å². The van der Waals surface area contributed by atoms with Crippen molar-refractivity contribution in [3.05, 3.63) is 12.2 Å². The van der Waals surface area contributed by atoms with E-state index in [-0.39, 0.29) is 4.83 Å². The summed E-state index contributed by atoms with van der Waals surface area (Å²) in [5.41, 5.74) is 0. The summed E-state index contributed by atoms with van der Waals surface area (Å²) < 4.78 is 9.39. The standard InChI is InChI=1S/C7H7BrO4/c1-4(9)11-7-5(8)2-3-6(10)12-7/h2-3,5,7H,1H3. The summed E-state index contributed by atoms with van der Waals surface area (Å²) in [4.78, 5) is 20.9. The SMILES string of the molecule is CC(=O)OC1OC(=O)C=CC1Br. The molecule has 0 N–H and O–H groups in total. The van der Waals surface area contributed by atoms with Crippen LogP contribution in [0.1, 0.15) is 6.92 Å². The van der Waals surface area contributed by atoms with Gasteiger partial charge < -0.3 is 9.47 Å². The average molecular weight is 235 g/mol. The summed E-state index contributed by atoms with van der Waals surface area (Å²) >= 11 is 3.17. The van der Waals surface area contributed by atoms with Crippen molar-refractivity contribution in [2.24, 2.45) is 0 Å². The summed E-state index contributed by atoms with van der Waals surface area (Å²) in [5.74, 6) is -0.982. The molecule has 66 valence electrons. The molecule has 0 saturated heterocycles. The van der Waals surface area contributed by atoms with Crippen LogP contribution in [-0.4, -0.2) is 23.1 Å². The lowest BCUT2D eigenvalue weighted by Gasteiger charge is -2.22. The lowest BCUT2D eigenvalue weighted by atomic mass is 10.3. The maximum atomic E-state index is 10.7. The fourth-order valence-corrected chi connectivity index (χ4v) is 1.10. The van der Waals surface area contributed by atoms with Gasteiger partial charge in [-0.1, -0.05) is 22.0 Å². The third-order valence-corrected chi connectivity index (χ3v) is 1.93. The molecule has 0 aliphatic carbocycles. The van der Waals surface area contributed by atoms with E-state index in [1.807, 2.05) is 0 Å². The fourth-order valence-electron chi connectivity index (χ4n) is 0.733. The van der Waals surface area contributed by atoms with Crippen molar-refractivity contribution >= 4 is 27.9 Å². The van der Waals surface area contributed by atoms with Crippen molar-refractivity contribution in [2.75, 3.05) is 0 Å². The Hall–Kier alpha value is -0.840. The maximum Gasteiger partial charge on any atom is 0.333 e. The molecule has 12 heavy (non-hydrogen) atoms. The first-order valence-electron chi connectivity index (χ1n) is 3.29. The lowest BCUT2D eigenvalue weighted by Crippen LogP contribution is -2.33. The molecular weight excluding hydrogens is 228 g/mol. The van der Waals surface area contributed by atoms with Crippen LogP contribution in [0.4, 0.5) is 0 Å². The van der Waals surface area contributed by atoms with Gasteiger partial charge in [0.05, 0.1) is 0 Å². The van der Waals surface area contributed by atoms with Crippen LogP contribution in [0.5, 0.6) is 0 Å². The Morgan fingerprint density at radius 1 is 1.75 bits per heavy atom. The molecule has 0 radical (unpaired) electrons. The van der Waals surface area contributed by atoms with Gasteiger partial charge in [0.1, 0.15) is 4.83 Å². The molecule has 1 aliphatic rings. The number of carbonyl (C=O) groups excluding carboxylic acids is 2. The van der Waals surface area contributed by atoms with Crippen molar-refractivity contribution < 1.29 is 19.1 Å². The van der Waals surface area contributed by atoms with Gasteiger partial charge in [0, 0.05) is 13.0 Å². The molecule has 0 amide bonds. The highest BCUT2D eigenvalue weighted by atomic mass is 79.9. The van der Waals surface area contributed by atoms with E-state index in [2.05, 4.69) is 15.9 Å². The predicted molar refractivity (Wildman–Crippen MR) is 43.5 cm³/mol. The van der Waals surface area contributed by atoms with Gasteiger partial charge in [-0.15, -0.1) is 0 Å². The Balaban J connectivity index is 2.59. The number of esters is 2. The van der Waals surface area contributed by atoms with Crippen LogP contribution in [0, 0.1) is 0 Å². The van der Waals surface area contributed by atoms with E-state index >= 15 is 0 Å². The van der Waals surface area contributed by atoms with Crippen molar-refractivity contribution in [3.8, 4) is 0 Å². The van der Waals surface area contributed by atoms with Crippen LogP contribution in [0.15, 0.2) is 12.2 Å². The highest BCUT2D eigenvalue weighted by Crippen LogP contribution is 2.17. The summed E-state index contributed by atoms with van der Waals surface area (Å²) in [6.45, 7) is 1.26. The Labute approximate surface area is 77.7 Å². The van der Waals surface area contributed by atoms with Crippen LogP contribution < -0.4 is 0 Å². The van der Waals surface area contributed by atoms with Gasteiger partial charge in [-0.3, -0.25) is 4.79 Å². The summed E-state index contributed by atoms with van der Waals surface area (Å²) in [6, 6.07) is 0. The van der Waals surface area contributed by atoms with Gasteiger partial charge in [0.2, 0.25) is 0 Å². The van der Waals surface area contributed by atoms with Gasteiger partial charge in [-0.2, -0.15) is 0 Å². The Bertz CT molecular complexity index is 236. The molecule has 0 aromatic rings. The number of carbonyl (C=O) groups is 2. The van der Waals surface area contributed by atoms with Crippen molar-refractivity contribution in [3.63, 3.8) is 0 Å². The molecule has 0 bridgehead atoms. The molecule has 0 spiro atoms. The van der Waals surface area contributed by atoms with E-state index in [9.17, 15) is 9.59 Å². The number of rotatable bonds is 1. The zero-order valence-electron chi connectivity index (χ0n) is 6.32. The number of ether oxygens (including phenoxy) is 2. The van der Waals surface area contributed by atoms with E-state index in [0.717, 1.165) is 0 Å². The van der Waals surface area contributed by atoms with Gasteiger partial charge in [-0.25, -0.2) is 4.79 Å². The molecule has 0 aromatic carbocycles. The van der Waals surface area contributed by atoms with Gasteiger partial charge in [0.15, 0.2) is 0 Å². The zero-order chi connectivity index (χ0) is 9.14. The Kier molecular flexibility index (Phi) is 2.86. The monoisotopic (exact) mass is 234 g/mol.